The number of hydrogen-bond acceptors (Lipinski definition) is 3. The Hall–Kier alpha value is -2.82. The first-order chi connectivity index (χ1) is 13.4. The van der Waals surface area contributed by atoms with E-state index < -0.39 is 5.41 Å². The van der Waals surface area contributed by atoms with Crippen LogP contribution in [0.25, 0.3) is 0 Å². The fourth-order valence-corrected chi connectivity index (χ4v) is 3.37. The van der Waals surface area contributed by atoms with Gasteiger partial charge in [0.2, 0.25) is 11.8 Å². The van der Waals surface area contributed by atoms with Gasteiger partial charge in [0, 0.05) is 12.6 Å². The summed E-state index contributed by atoms with van der Waals surface area (Å²) in [5, 5.41) is 2.93. The van der Waals surface area contributed by atoms with Gasteiger partial charge in [0.25, 0.3) is 0 Å². The Morgan fingerprint density at radius 3 is 2.39 bits per heavy atom. The van der Waals surface area contributed by atoms with Gasteiger partial charge in [-0.1, -0.05) is 36.4 Å². The maximum atomic E-state index is 13.4. The Morgan fingerprint density at radius 2 is 1.82 bits per heavy atom. The smallest absolute Gasteiger partial charge is 0.240 e. The number of rotatable bonds is 7. The van der Waals surface area contributed by atoms with Crippen LogP contribution >= 0.6 is 0 Å². The number of carbonyl (C=O) groups excluding carboxylic acids is 2. The first-order valence-electron chi connectivity index (χ1n) is 9.68. The number of methoxy groups -OCH3 is 1. The Kier molecular flexibility index (Phi) is 5.73. The lowest BCUT2D eigenvalue weighted by atomic mass is 10.0. The highest BCUT2D eigenvalue weighted by Gasteiger charge is 2.58. The third kappa shape index (κ3) is 4.03. The van der Waals surface area contributed by atoms with E-state index in [0.717, 1.165) is 11.1 Å². The van der Waals surface area contributed by atoms with Crippen LogP contribution in [0.5, 0.6) is 5.75 Å². The van der Waals surface area contributed by atoms with Crippen LogP contribution in [-0.4, -0.2) is 29.9 Å². The van der Waals surface area contributed by atoms with Crippen LogP contribution in [0.2, 0.25) is 0 Å². The van der Waals surface area contributed by atoms with Gasteiger partial charge in [-0.3, -0.25) is 9.59 Å². The molecule has 0 atom stereocenters. The molecule has 2 aromatic carbocycles. The van der Waals surface area contributed by atoms with Crippen LogP contribution < -0.4 is 10.1 Å². The van der Waals surface area contributed by atoms with Gasteiger partial charge in [0.15, 0.2) is 0 Å². The molecule has 3 rings (SSSR count). The van der Waals surface area contributed by atoms with Gasteiger partial charge < -0.3 is 15.0 Å². The molecule has 0 bridgehead atoms. The molecule has 5 nitrogen and oxygen atoms in total. The average molecular weight is 380 g/mol. The molecule has 5 heteroatoms. The summed E-state index contributed by atoms with van der Waals surface area (Å²) in [5.41, 5.74) is 1.69. The van der Waals surface area contributed by atoms with Crippen molar-refractivity contribution in [2.24, 2.45) is 5.41 Å². The van der Waals surface area contributed by atoms with E-state index in [1.165, 1.54) is 0 Å². The number of ether oxygens (including phenoxy) is 1. The minimum Gasteiger partial charge on any atom is -0.495 e. The second-order valence-electron chi connectivity index (χ2n) is 7.75. The number of nitrogens with zero attached hydrogens (tertiary/aromatic N) is 1. The van der Waals surface area contributed by atoms with E-state index in [-0.39, 0.29) is 17.9 Å². The predicted octanol–water partition coefficient (Wildman–Crippen LogP) is 4.16. The maximum absolute atomic E-state index is 13.4. The van der Waals surface area contributed by atoms with Crippen molar-refractivity contribution < 1.29 is 14.3 Å². The summed E-state index contributed by atoms with van der Waals surface area (Å²) in [5.74, 6) is 0.239. The minimum absolute atomic E-state index is 0.00601. The van der Waals surface area contributed by atoms with Gasteiger partial charge in [-0.25, -0.2) is 0 Å². The van der Waals surface area contributed by atoms with Crippen molar-refractivity contribution in [2.75, 3.05) is 12.4 Å². The fourth-order valence-electron chi connectivity index (χ4n) is 3.37. The number of amides is 2. The van der Waals surface area contributed by atoms with E-state index in [1.807, 2.05) is 69.3 Å². The van der Waals surface area contributed by atoms with Crippen LogP contribution in [-0.2, 0) is 16.1 Å². The molecule has 1 aliphatic carbocycles. The highest BCUT2D eigenvalue weighted by molar-refractivity contribution is 6.13. The zero-order valence-electron chi connectivity index (χ0n) is 17.0. The summed E-state index contributed by atoms with van der Waals surface area (Å²) in [7, 11) is 1.57. The number of anilines is 1. The molecule has 148 valence electrons. The van der Waals surface area contributed by atoms with E-state index in [4.69, 9.17) is 4.74 Å². The van der Waals surface area contributed by atoms with Crippen LogP contribution in [0.4, 0.5) is 5.69 Å². The van der Waals surface area contributed by atoms with Gasteiger partial charge in [0.05, 0.1) is 12.8 Å². The van der Waals surface area contributed by atoms with E-state index >= 15 is 0 Å². The Morgan fingerprint density at radius 1 is 1.14 bits per heavy atom. The highest BCUT2D eigenvalue weighted by Crippen LogP contribution is 2.49. The molecule has 0 spiro atoms. The summed E-state index contributed by atoms with van der Waals surface area (Å²) in [6.45, 7) is 6.42. The quantitative estimate of drug-likeness (QED) is 0.734. The summed E-state index contributed by atoms with van der Waals surface area (Å²) in [6, 6.07) is 15.5. The molecule has 1 saturated carbocycles. The Balaban J connectivity index is 1.80. The van der Waals surface area contributed by atoms with Crippen LogP contribution in [0.15, 0.2) is 48.5 Å². The normalized spacial score (nSPS) is 14.5. The molecule has 1 fully saturated rings. The van der Waals surface area contributed by atoms with E-state index in [0.29, 0.717) is 30.8 Å². The molecule has 0 heterocycles. The zero-order chi connectivity index (χ0) is 20.3. The van der Waals surface area contributed by atoms with Gasteiger partial charge in [-0.2, -0.15) is 0 Å². The Labute approximate surface area is 166 Å². The number of hydrogen-bond donors (Lipinski definition) is 1. The second kappa shape index (κ2) is 8.05. The van der Waals surface area contributed by atoms with Gasteiger partial charge in [-0.15, -0.1) is 0 Å². The third-order valence-corrected chi connectivity index (χ3v) is 5.28. The molecule has 2 amide bonds. The second-order valence-corrected chi connectivity index (χ2v) is 7.75. The van der Waals surface area contributed by atoms with Crippen molar-refractivity contribution >= 4 is 17.5 Å². The first-order valence-corrected chi connectivity index (χ1v) is 9.68. The van der Waals surface area contributed by atoms with Crippen molar-refractivity contribution in [1.29, 1.82) is 0 Å². The lowest BCUT2D eigenvalue weighted by Crippen LogP contribution is -2.45. The molecule has 0 saturated heterocycles. The number of benzene rings is 2. The molecule has 1 aliphatic rings. The van der Waals surface area contributed by atoms with Crippen LogP contribution in [0.3, 0.4) is 0 Å². The molecule has 0 radical (unpaired) electrons. The van der Waals surface area contributed by atoms with Crippen molar-refractivity contribution in [3.05, 3.63) is 59.7 Å². The molecule has 0 aromatic heterocycles. The van der Waals surface area contributed by atoms with Crippen molar-refractivity contribution in [2.45, 2.75) is 46.2 Å². The number of carbonyl (C=O) groups is 2. The maximum Gasteiger partial charge on any atom is 0.240 e. The fraction of sp³-hybridized carbons (Fsp3) is 0.391. The van der Waals surface area contributed by atoms with Crippen molar-refractivity contribution in [3.8, 4) is 5.75 Å². The average Bonchev–Trinajstić information content (AvgIpc) is 3.48. The van der Waals surface area contributed by atoms with E-state index in [2.05, 4.69) is 5.32 Å². The van der Waals surface area contributed by atoms with E-state index in [1.54, 1.807) is 12.0 Å². The predicted molar refractivity (Wildman–Crippen MR) is 110 cm³/mol. The van der Waals surface area contributed by atoms with Crippen LogP contribution in [0.1, 0.15) is 37.8 Å². The lowest BCUT2D eigenvalue weighted by molar-refractivity contribution is -0.144. The highest BCUT2D eigenvalue weighted by atomic mass is 16.5. The standard InChI is InChI=1S/C23H28N2O3/c1-16(2)25(15-18-8-6-5-7-9-18)22(27)23(12-13-23)21(26)24-19-14-17(3)10-11-20(19)28-4/h5-11,14,16H,12-13,15H2,1-4H3,(H,24,26). The largest absolute Gasteiger partial charge is 0.495 e. The third-order valence-electron chi connectivity index (χ3n) is 5.28. The summed E-state index contributed by atoms with van der Waals surface area (Å²) >= 11 is 0. The van der Waals surface area contributed by atoms with Crippen molar-refractivity contribution in [3.63, 3.8) is 0 Å². The molecule has 0 aliphatic heterocycles. The lowest BCUT2D eigenvalue weighted by Gasteiger charge is -2.30. The molecular weight excluding hydrogens is 352 g/mol. The molecule has 2 aromatic rings. The summed E-state index contributed by atoms with van der Waals surface area (Å²) in [4.78, 5) is 28.2. The minimum atomic E-state index is -0.978. The molecule has 1 N–H and O–H groups in total. The number of aryl methyl sites for hydroxylation is 1. The SMILES string of the molecule is COc1ccc(C)cc1NC(=O)C1(C(=O)N(Cc2ccccc2)C(C)C)CC1. The summed E-state index contributed by atoms with van der Waals surface area (Å²) in [6.07, 6.45) is 1.15. The molecule has 0 unspecified atom stereocenters. The Bertz CT molecular complexity index is 857. The topological polar surface area (TPSA) is 58.6 Å². The van der Waals surface area contributed by atoms with Crippen LogP contribution in [0, 0.1) is 12.3 Å². The van der Waals surface area contributed by atoms with Gasteiger partial charge in [0.1, 0.15) is 11.2 Å². The monoisotopic (exact) mass is 380 g/mol. The molecule has 28 heavy (non-hydrogen) atoms. The van der Waals surface area contributed by atoms with Gasteiger partial charge >= 0.3 is 0 Å². The zero-order valence-corrected chi connectivity index (χ0v) is 17.0. The molecular formula is C23H28N2O3. The number of nitrogens with one attached hydrogen (secondary N) is 1. The van der Waals surface area contributed by atoms with Gasteiger partial charge in [-0.05, 0) is 56.9 Å². The first kappa shape index (κ1) is 19.9. The van der Waals surface area contributed by atoms with Crippen molar-refractivity contribution in [1.82, 2.24) is 4.90 Å². The van der Waals surface area contributed by atoms with E-state index in [9.17, 15) is 9.59 Å². The summed E-state index contributed by atoms with van der Waals surface area (Å²) < 4.78 is 5.35.